The Morgan fingerprint density at radius 3 is 2.33 bits per heavy atom. The predicted octanol–water partition coefficient (Wildman–Crippen LogP) is 1.81. The Labute approximate surface area is 92.3 Å². The second-order valence-corrected chi connectivity index (χ2v) is 3.96. The van der Waals surface area contributed by atoms with Crippen LogP contribution in [0.25, 0.3) is 0 Å². The molecule has 0 spiro atoms. The third kappa shape index (κ3) is 3.01. The Morgan fingerprint density at radius 2 is 1.93 bits per heavy atom. The molecule has 0 fully saturated rings. The Hall–Kier alpha value is -0.930. The van der Waals surface area contributed by atoms with E-state index in [2.05, 4.69) is 30.7 Å². The van der Waals surface area contributed by atoms with E-state index in [1.54, 1.807) is 0 Å². The van der Waals surface area contributed by atoms with Crippen LogP contribution in [0.2, 0.25) is 0 Å². The highest BCUT2D eigenvalue weighted by atomic mass is 15.2. The number of aromatic nitrogens is 1. The molecule has 3 nitrogen and oxygen atoms in total. The van der Waals surface area contributed by atoms with E-state index in [0.717, 1.165) is 6.54 Å². The second kappa shape index (κ2) is 5.83. The molecule has 0 saturated heterocycles. The molecule has 1 rings (SSSR count). The third-order valence-corrected chi connectivity index (χ3v) is 2.74. The number of hydrogen-bond acceptors (Lipinski definition) is 3. The van der Waals surface area contributed by atoms with Crippen molar-refractivity contribution >= 4 is 0 Å². The van der Waals surface area contributed by atoms with Crippen molar-refractivity contribution in [1.82, 2.24) is 9.88 Å². The summed E-state index contributed by atoms with van der Waals surface area (Å²) in [5.41, 5.74) is 7.11. The van der Waals surface area contributed by atoms with Gasteiger partial charge in [-0.1, -0.05) is 6.92 Å². The van der Waals surface area contributed by atoms with Crippen LogP contribution in [0.4, 0.5) is 0 Å². The molecule has 0 aliphatic heterocycles. The molecule has 3 heteroatoms. The van der Waals surface area contributed by atoms with Gasteiger partial charge in [0.25, 0.3) is 0 Å². The van der Waals surface area contributed by atoms with Crippen molar-refractivity contribution in [2.45, 2.75) is 32.9 Å². The van der Waals surface area contributed by atoms with Crippen LogP contribution in [-0.2, 0) is 0 Å². The first kappa shape index (κ1) is 12.1. The molecule has 1 aromatic rings. The van der Waals surface area contributed by atoms with E-state index < -0.39 is 0 Å². The van der Waals surface area contributed by atoms with Gasteiger partial charge in [0.15, 0.2) is 0 Å². The van der Waals surface area contributed by atoms with Crippen LogP contribution in [0.15, 0.2) is 24.5 Å². The van der Waals surface area contributed by atoms with Crippen LogP contribution < -0.4 is 5.73 Å². The minimum atomic E-state index is 0.304. The van der Waals surface area contributed by atoms with Gasteiger partial charge in [0.2, 0.25) is 0 Å². The number of pyridine rings is 1. The topological polar surface area (TPSA) is 42.1 Å². The maximum atomic E-state index is 5.86. The zero-order valence-corrected chi connectivity index (χ0v) is 9.85. The van der Waals surface area contributed by atoms with Gasteiger partial charge in [-0.25, -0.2) is 0 Å². The highest BCUT2D eigenvalue weighted by Crippen LogP contribution is 2.20. The average molecular weight is 207 g/mol. The van der Waals surface area contributed by atoms with Crippen LogP contribution >= 0.6 is 0 Å². The van der Waals surface area contributed by atoms with E-state index >= 15 is 0 Å². The molecular weight excluding hydrogens is 186 g/mol. The largest absolute Gasteiger partial charge is 0.329 e. The molecule has 84 valence electrons. The molecule has 0 saturated carbocycles. The smallest absolute Gasteiger partial charge is 0.0474 e. The lowest BCUT2D eigenvalue weighted by Gasteiger charge is -2.33. The van der Waals surface area contributed by atoms with Crippen LogP contribution in [0, 0.1) is 0 Å². The molecule has 1 heterocycles. The minimum absolute atomic E-state index is 0.304. The first-order valence-corrected chi connectivity index (χ1v) is 5.56. The summed E-state index contributed by atoms with van der Waals surface area (Å²) >= 11 is 0. The van der Waals surface area contributed by atoms with Crippen molar-refractivity contribution in [3.63, 3.8) is 0 Å². The molecule has 2 N–H and O–H groups in total. The maximum Gasteiger partial charge on any atom is 0.0474 e. The van der Waals surface area contributed by atoms with Crippen molar-refractivity contribution in [1.29, 1.82) is 0 Å². The van der Waals surface area contributed by atoms with Crippen LogP contribution in [-0.4, -0.2) is 29.0 Å². The highest BCUT2D eigenvalue weighted by Gasteiger charge is 2.19. The molecular formula is C12H21N3. The Morgan fingerprint density at radius 1 is 1.33 bits per heavy atom. The zero-order valence-electron chi connectivity index (χ0n) is 9.85. The first-order chi connectivity index (χ1) is 7.20. The Balaban J connectivity index is 2.87. The predicted molar refractivity (Wildman–Crippen MR) is 63.5 cm³/mol. The summed E-state index contributed by atoms with van der Waals surface area (Å²) < 4.78 is 0. The molecule has 15 heavy (non-hydrogen) atoms. The molecule has 0 radical (unpaired) electrons. The van der Waals surface area contributed by atoms with Crippen molar-refractivity contribution in [3.8, 4) is 0 Å². The summed E-state index contributed by atoms with van der Waals surface area (Å²) in [6.45, 7) is 8.24. The summed E-state index contributed by atoms with van der Waals surface area (Å²) in [6.07, 6.45) is 3.65. The van der Waals surface area contributed by atoms with Gasteiger partial charge in [0, 0.05) is 31.0 Å². The summed E-state index contributed by atoms with van der Waals surface area (Å²) in [5, 5.41) is 0. The molecule has 0 aromatic carbocycles. The fraction of sp³-hybridized carbons (Fsp3) is 0.583. The van der Waals surface area contributed by atoms with Gasteiger partial charge in [-0.15, -0.1) is 0 Å². The van der Waals surface area contributed by atoms with Gasteiger partial charge in [0.05, 0.1) is 0 Å². The van der Waals surface area contributed by atoms with Gasteiger partial charge in [0.1, 0.15) is 0 Å². The highest BCUT2D eigenvalue weighted by molar-refractivity contribution is 5.15. The molecule has 0 bridgehead atoms. The zero-order chi connectivity index (χ0) is 11.3. The summed E-state index contributed by atoms with van der Waals surface area (Å²) in [6, 6.07) is 4.90. The van der Waals surface area contributed by atoms with Gasteiger partial charge in [-0.2, -0.15) is 0 Å². The SMILES string of the molecule is CCN(C(C)C)C(CN)c1ccncc1. The van der Waals surface area contributed by atoms with Gasteiger partial charge >= 0.3 is 0 Å². The van der Waals surface area contributed by atoms with Crippen molar-refractivity contribution in [2.24, 2.45) is 5.73 Å². The van der Waals surface area contributed by atoms with Gasteiger partial charge in [-0.3, -0.25) is 9.88 Å². The Kier molecular flexibility index (Phi) is 4.72. The average Bonchev–Trinajstić information content (AvgIpc) is 2.26. The van der Waals surface area contributed by atoms with E-state index in [1.165, 1.54) is 5.56 Å². The van der Waals surface area contributed by atoms with E-state index in [-0.39, 0.29) is 0 Å². The molecule has 1 unspecified atom stereocenters. The molecule has 0 amide bonds. The van der Waals surface area contributed by atoms with Crippen molar-refractivity contribution < 1.29 is 0 Å². The third-order valence-electron chi connectivity index (χ3n) is 2.74. The maximum absolute atomic E-state index is 5.86. The second-order valence-electron chi connectivity index (χ2n) is 3.96. The lowest BCUT2D eigenvalue weighted by molar-refractivity contribution is 0.166. The van der Waals surface area contributed by atoms with E-state index in [0.29, 0.717) is 18.6 Å². The molecule has 1 atom stereocenters. The van der Waals surface area contributed by atoms with Gasteiger partial charge in [-0.05, 0) is 38.1 Å². The number of hydrogen-bond donors (Lipinski definition) is 1. The van der Waals surface area contributed by atoms with E-state index in [9.17, 15) is 0 Å². The van der Waals surface area contributed by atoms with E-state index in [4.69, 9.17) is 5.73 Å². The lowest BCUT2D eigenvalue weighted by Crippen LogP contribution is -2.38. The van der Waals surface area contributed by atoms with Crippen LogP contribution in [0.3, 0.4) is 0 Å². The quantitative estimate of drug-likeness (QED) is 0.800. The lowest BCUT2D eigenvalue weighted by atomic mass is 10.1. The monoisotopic (exact) mass is 207 g/mol. The minimum Gasteiger partial charge on any atom is -0.329 e. The molecule has 0 aliphatic rings. The van der Waals surface area contributed by atoms with Crippen molar-refractivity contribution in [3.05, 3.63) is 30.1 Å². The fourth-order valence-electron chi connectivity index (χ4n) is 1.99. The normalized spacial score (nSPS) is 13.5. The number of nitrogens with two attached hydrogens (primary N) is 1. The number of likely N-dealkylation sites (N-methyl/N-ethyl adjacent to an activating group) is 1. The molecule has 0 aliphatic carbocycles. The Bertz CT molecular complexity index is 271. The summed E-state index contributed by atoms with van der Waals surface area (Å²) in [7, 11) is 0. The van der Waals surface area contributed by atoms with Crippen LogP contribution in [0.5, 0.6) is 0 Å². The first-order valence-electron chi connectivity index (χ1n) is 5.56. The number of rotatable bonds is 5. The standard InChI is InChI=1S/C12H21N3/c1-4-15(10(2)3)12(9-13)11-5-7-14-8-6-11/h5-8,10,12H,4,9,13H2,1-3H3. The van der Waals surface area contributed by atoms with Crippen LogP contribution in [0.1, 0.15) is 32.4 Å². The van der Waals surface area contributed by atoms with E-state index in [1.807, 2.05) is 24.5 Å². The fourth-order valence-corrected chi connectivity index (χ4v) is 1.99. The van der Waals surface area contributed by atoms with Crippen molar-refractivity contribution in [2.75, 3.05) is 13.1 Å². The summed E-state index contributed by atoms with van der Waals surface area (Å²) in [4.78, 5) is 6.43. The molecule has 1 aromatic heterocycles. The summed E-state index contributed by atoms with van der Waals surface area (Å²) in [5.74, 6) is 0. The van der Waals surface area contributed by atoms with Gasteiger partial charge < -0.3 is 5.73 Å². The number of nitrogens with zero attached hydrogens (tertiary/aromatic N) is 2.